The zero-order valence-corrected chi connectivity index (χ0v) is 13.5. The molecule has 2 aromatic rings. The number of benzene rings is 1. The first-order valence-electron chi connectivity index (χ1n) is 8.23. The summed E-state index contributed by atoms with van der Waals surface area (Å²) in [7, 11) is 0. The number of imidazole rings is 1. The van der Waals surface area contributed by atoms with Gasteiger partial charge in [0.1, 0.15) is 0 Å². The number of aromatic nitrogens is 2. The lowest BCUT2D eigenvalue weighted by atomic mass is 9.81. The average Bonchev–Trinajstić information content (AvgIpc) is 3.46. The summed E-state index contributed by atoms with van der Waals surface area (Å²) in [6.07, 6.45) is 9.04. The molecule has 0 radical (unpaired) electrons. The van der Waals surface area contributed by atoms with Gasteiger partial charge in [0, 0.05) is 34.9 Å². The van der Waals surface area contributed by atoms with Crippen LogP contribution < -0.4 is 0 Å². The Labute approximate surface area is 144 Å². The number of rotatable bonds is 3. The second-order valence-corrected chi connectivity index (χ2v) is 6.87. The normalized spacial score (nSPS) is 26.5. The quantitative estimate of drug-likeness (QED) is 0.746. The number of H-pyrrole nitrogens is 1. The van der Waals surface area contributed by atoms with Crippen LogP contribution in [-0.4, -0.2) is 32.1 Å². The van der Waals surface area contributed by atoms with E-state index in [1.54, 1.807) is 11.1 Å². The molecule has 2 saturated carbocycles. The smallest absolute Gasteiger partial charge is 0.328 e. The van der Waals surface area contributed by atoms with E-state index in [0.29, 0.717) is 23.0 Å². The van der Waals surface area contributed by atoms with Crippen molar-refractivity contribution in [1.29, 1.82) is 0 Å². The van der Waals surface area contributed by atoms with Gasteiger partial charge in [-0.2, -0.15) is 0 Å². The van der Waals surface area contributed by atoms with Crippen LogP contribution in [0, 0.1) is 0 Å². The number of hydrogen-bond donors (Lipinski definition) is 3. The van der Waals surface area contributed by atoms with Crippen molar-refractivity contribution in [1.82, 2.24) is 9.97 Å². The van der Waals surface area contributed by atoms with Gasteiger partial charge in [0.05, 0.1) is 6.33 Å². The summed E-state index contributed by atoms with van der Waals surface area (Å²) in [6, 6.07) is 9.08. The maximum absolute atomic E-state index is 9.55. The minimum atomic E-state index is -1.26. The van der Waals surface area contributed by atoms with E-state index in [-0.39, 0.29) is 0 Å². The summed E-state index contributed by atoms with van der Waals surface area (Å²) >= 11 is 0. The molecule has 1 aromatic heterocycles. The van der Waals surface area contributed by atoms with Crippen LogP contribution in [-0.2, 0) is 20.4 Å². The minimum absolute atomic E-state index is 0.382. The molecule has 3 N–H and O–H groups in total. The first kappa shape index (κ1) is 15.6. The highest BCUT2D eigenvalue weighted by atomic mass is 16.4. The molecule has 128 valence electrons. The molecular weight excluding hydrogens is 320 g/mol. The van der Waals surface area contributed by atoms with Crippen LogP contribution in [0.2, 0.25) is 0 Å². The van der Waals surface area contributed by atoms with Crippen molar-refractivity contribution in [3.63, 3.8) is 0 Å². The lowest BCUT2D eigenvalue weighted by molar-refractivity contribution is -0.134. The van der Waals surface area contributed by atoms with Gasteiger partial charge in [-0.3, -0.25) is 0 Å². The maximum Gasteiger partial charge on any atom is 0.328 e. The summed E-state index contributed by atoms with van der Waals surface area (Å²) < 4.78 is 0. The Morgan fingerprint density at radius 1 is 1.16 bits per heavy atom. The molecule has 0 amide bonds. The highest BCUT2D eigenvalue weighted by molar-refractivity contribution is 5.89. The van der Waals surface area contributed by atoms with Crippen LogP contribution in [0.15, 0.2) is 48.9 Å². The van der Waals surface area contributed by atoms with E-state index in [9.17, 15) is 9.59 Å². The van der Waals surface area contributed by atoms with Gasteiger partial charge in [-0.15, -0.1) is 0 Å². The summed E-state index contributed by atoms with van der Waals surface area (Å²) in [5.41, 5.74) is 5.45. The second-order valence-electron chi connectivity index (χ2n) is 6.87. The Kier molecular flexibility index (Phi) is 3.32. The van der Waals surface area contributed by atoms with E-state index in [1.165, 1.54) is 25.0 Å². The van der Waals surface area contributed by atoms with Gasteiger partial charge in [0.2, 0.25) is 0 Å². The fourth-order valence-electron chi connectivity index (χ4n) is 4.68. The van der Waals surface area contributed by atoms with Gasteiger partial charge >= 0.3 is 11.9 Å². The molecule has 1 spiro atoms. The van der Waals surface area contributed by atoms with E-state index in [2.05, 4.69) is 34.2 Å². The zero-order valence-electron chi connectivity index (χ0n) is 13.5. The SMILES string of the molecule is O=C(O)/C=C/C(=O)O.c1ccc2c(c1)[C@H]1C[C@@]1(c1cnc[nH]1)C21CC1. The molecule has 25 heavy (non-hydrogen) atoms. The first-order valence-corrected chi connectivity index (χ1v) is 8.23. The highest BCUT2D eigenvalue weighted by Gasteiger charge is 2.78. The van der Waals surface area contributed by atoms with Crippen molar-refractivity contribution in [2.45, 2.75) is 36.0 Å². The van der Waals surface area contributed by atoms with Crippen LogP contribution in [0.4, 0.5) is 0 Å². The Bertz CT molecular complexity index is 851. The van der Waals surface area contributed by atoms with E-state index in [1.807, 2.05) is 12.5 Å². The highest BCUT2D eigenvalue weighted by Crippen LogP contribution is 2.82. The third-order valence-corrected chi connectivity index (χ3v) is 5.76. The zero-order chi connectivity index (χ0) is 17.7. The molecular formula is C19H18N2O4. The summed E-state index contributed by atoms with van der Waals surface area (Å²) in [4.78, 5) is 26.7. The molecule has 6 nitrogen and oxygen atoms in total. The van der Waals surface area contributed by atoms with Crippen molar-refractivity contribution in [2.24, 2.45) is 0 Å². The number of carboxylic acids is 2. The number of carbonyl (C=O) groups is 2. The standard InChI is InChI=1S/C15H14N2.C4H4O4/c1-2-4-11-10(3-1)12-7-15(12,14(11)5-6-14)13-8-16-9-17-13;5-3(6)1-2-4(7)8/h1-4,8-9,12H,5-7H2,(H,16,17);1-2H,(H,5,6)(H,7,8)/b;2-1+/t12-,15-;/m1./s1. The lowest BCUT2D eigenvalue weighted by Crippen LogP contribution is -2.24. The molecule has 0 aliphatic heterocycles. The van der Waals surface area contributed by atoms with E-state index >= 15 is 0 Å². The molecule has 6 heteroatoms. The predicted octanol–water partition coefficient (Wildman–Crippen LogP) is 2.59. The van der Waals surface area contributed by atoms with E-state index in [0.717, 1.165) is 5.92 Å². The van der Waals surface area contributed by atoms with Crippen LogP contribution in [0.1, 0.15) is 42.0 Å². The minimum Gasteiger partial charge on any atom is -0.478 e. The van der Waals surface area contributed by atoms with Gasteiger partial charge < -0.3 is 15.2 Å². The number of carboxylic acid groups (broad SMARTS) is 2. The molecule has 0 bridgehead atoms. The molecule has 3 aliphatic rings. The number of aliphatic carboxylic acids is 2. The summed E-state index contributed by atoms with van der Waals surface area (Å²) in [5.74, 6) is -1.76. The third kappa shape index (κ3) is 2.21. The first-order chi connectivity index (χ1) is 12.0. The number of nitrogens with zero attached hydrogens (tertiary/aromatic N) is 1. The number of hydrogen-bond acceptors (Lipinski definition) is 3. The summed E-state index contributed by atoms with van der Waals surface area (Å²) in [6.45, 7) is 0. The molecule has 2 fully saturated rings. The number of nitrogens with one attached hydrogen (secondary N) is 1. The van der Waals surface area contributed by atoms with E-state index < -0.39 is 11.9 Å². The Morgan fingerprint density at radius 2 is 1.84 bits per heavy atom. The molecule has 0 unspecified atom stereocenters. The molecule has 1 aromatic carbocycles. The van der Waals surface area contributed by atoms with Gasteiger partial charge in [0.25, 0.3) is 0 Å². The van der Waals surface area contributed by atoms with Crippen molar-refractivity contribution in [3.8, 4) is 0 Å². The molecule has 5 rings (SSSR count). The monoisotopic (exact) mass is 338 g/mol. The van der Waals surface area contributed by atoms with Crippen LogP contribution in [0.3, 0.4) is 0 Å². The average molecular weight is 338 g/mol. The van der Waals surface area contributed by atoms with Crippen molar-refractivity contribution >= 4 is 11.9 Å². The molecule has 2 atom stereocenters. The predicted molar refractivity (Wildman–Crippen MR) is 89.4 cm³/mol. The maximum atomic E-state index is 9.55. The third-order valence-electron chi connectivity index (χ3n) is 5.76. The van der Waals surface area contributed by atoms with E-state index in [4.69, 9.17) is 10.2 Å². The Morgan fingerprint density at radius 3 is 2.40 bits per heavy atom. The van der Waals surface area contributed by atoms with Crippen molar-refractivity contribution in [3.05, 3.63) is 65.8 Å². The fraction of sp³-hybridized carbons (Fsp3) is 0.316. The summed E-state index contributed by atoms with van der Waals surface area (Å²) in [5, 5.41) is 15.6. The molecule has 1 heterocycles. The van der Waals surface area contributed by atoms with Gasteiger partial charge in [-0.1, -0.05) is 24.3 Å². The largest absolute Gasteiger partial charge is 0.478 e. The lowest BCUT2D eigenvalue weighted by Gasteiger charge is -2.22. The van der Waals surface area contributed by atoms with Crippen molar-refractivity contribution < 1.29 is 19.8 Å². The fourth-order valence-corrected chi connectivity index (χ4v) is 4.68. The van der Waals surface area contributed by atoms with Gasteiger partial charge in [-0.25, -0.2) is 14.6 Å². The Balaban J connectivity index is 0.000000170. The second kappa shape index (κ2) is 5.31. The van der Waals surface area contributed by atoms with Gasteiger partial charge in [0.15, 0.2) is 0 Å². The number of fused-ring (bicyclic) bond motifs is 5. The van der Waals surface area contributed by atoms with Gasteiger partial charge in [-0.05, 0) is 36.3 Å². The number of aromatic amines is 1. The van der Waals surface area contributed by atoms with Crippen LogP contribution >= 0.6 is 0 Å². The van der Waals surface area contributed by atoms with Crippen LogP contribution in [0.25, 0.3) is 0 Å². The molecule has 0 saturated heterocycles. The molecule has 3 aliphatic carbocycles. The topological polar surface area (TPSA) is 103 Å². The van der Waals surface area contributed by atoms with Crippen LogP contribution in [0.5, 0.6) is 0 Å². The Hall–Kier alpha value is -2.89. The van der Waals surface area contributed by atoms with Crippen molar-refractivity contribution in [2.75, 3.05) is 0 Å².